The van der Waals surface area contributed by atoms with E-state index >= 15 is 0 Å². The molecule has 3 nitrogen and oxygen atoms in total. The SMILES string of the molecule is CCC(C)(O)CNc1ccnc2ccccc12. The number of aromatic nitrogens is 1. The zero-order chi connectivity index (χ0) is 12.3. The normalized spacial score (nSPS) is 14.5. The molecule has 1 unspecified atom stereocenters. The third kappa shape index (κ3) is 2.74. The first-order valence-electron chi connectivity index (χ1n) is 5.92. The molecule has 0 aliphatic rings. The number of rotatable bonds is 4. The lowest BCUT2D eigenvalue weighted by molar-refractivity contribution is 0.0698. The topological polar surface area (TPSA) is 45.1 Å². The smallest absolute Gasteiger partial charge is 0.0788 e. The molecule has 0 saturated carbocycles. The summed E-state index contributed by atoms with van der Waals surface area (Å²) < 4.78 is 0. The van der Waals surface area contributed by atoms with Crippen LogP contribution in [0.3, 0.4) is 0 Å². The average molecular weight is 230 g/mol. The quantitative estimate of drug-likeness (QED) is 0.849. The second-order valence-electron chi connectivity index (χ2n) is 4.58. The molecule has 1 aromatic carbocycles. The molecule has 0 fully saturated rings. The maximum absolute atomic E-state index is 9.98. The molecular weight excluding hydrogens is 212 g/mol. The monoisotopic (exact) mass is 230 g/mol. The average Bonchev–Trinajstić information content (AvgIpc) is 2.36. The van der Waals surface area contributed by atoms with Gasteiger partial charge in [-0.1, -0.05) is 25.1 Å². The third-order valence-electron chi connectivity index (χ3n) is 3.07. The molecule has 3 heteroatoms. The highest BCUT2D eigenvalue weighted by Crippen LogP contribution is 2.21. The Kier molecular flexibility index (Phi) is 3.29. The highest BCUT2D eigenvalue weighted by atomic mass is 16.3. The van der Waals surface area contributed by atoms with Crippen LogP contribution in [0.5, 0.6) is 0 Å². The van der Waals surface area contributed by atoms with E-state index in [1.807, 2.05) is 44.2 Å². The second kappa shape index (κ2) is 4.72. The van der Waals surface area contributed by atoms with E-state index in [1.165, 1.54) is 0 Å². The number of aliphatic hydroxyl groups is 1. The number of nitrogens with one attached hydrogen (secondary N) is 1. The Morgan fingerprint density at radius 2 is 2.06 bits per heavy atom. The molecule has 1 aromatic heterocycles. The van der Waals surface area contributed by atoms with Gasteiger partial charge in [0.15, 0.2) is 0 Å². The van der Waals surface area contributed by atoms with Crippen LogP contribution in [0.4, 0.5) is 5.69 Å². The van der Waals surface area contributed by atoms with Crippen LogP contribution in [-0.4, -0.2) is 22.2 Å². The van der Waals surface area contributed by atoms with Crippen molar-refractivity contribution in [2.45, 2.75) is 25.9 Å². The number of hydrogen-bond donors (Lipinski definition) is 2. The molecule has 2 rings (SSSR count). The Hall–Kier alpha value is -1.61. The zero-order valence-corrected chi connectivity index (χ0v) is 10.3. The zero-order valence-electron chi connectivity index (χ0n) is 10.3. The largest absolute Gasteiger partial charge is 0.388 e. The molecule has 0 bridgehead atoms. The van der Waals surface area contributed by atoms with Crippen molar-refractivity contribution in [1.29, 1.82) is 0 Å². The van der Waals surface area contributed by atoms with Gasteiger partial charge < -0.3 is 10.4 Å². The van der Waals surface area contributed by atoms with Gasteiger partial charge in [0.05, 0.1) is 11.1 Å². The first kappa shape index (κ1) is 11.9. The van der Waals surface area contributed by atoms with Crippen molar-refractivity contribution >= 4 is 16.6 Å². The molecule has 0 amide bonds. The Labute approximate surface area is 102 Å². The van der Waals surface area contributed by atoms with Crippen molar-refractivity contribution < 1.29 is 5.11 Å². The predicted molar refractivity (Wildman–Crippen MR) is 71.1 cm³/mol. The molecular formula is C14H18N2O. The van der Waals surface area contributed by atoms with Gasteiger partial charge in [0.1, 0.15) is 0 Å². The first-order chi connectivity index (χ1) is 8.12. The van der Waals surface area contributed by atoms with E-state index < -0.39 is 5.60 Å². The molecule has 2 aromatic rings. The van der Waals surface area contributed by atoms with E-state index in [2.05, 4.69) is 10.3 Å². The Balaban J connectivity index is 2.24. The van der Waals surface area contributed by atoms with E-state index in [9.17, 15) is 5.11 Å². The van der Waals surface area contributed by atoms with Gasteiger partial charge in [-0.25, -0.2) is 0 Å². The Morgan fingerprint density at radius 1 is 1.29 bits per heavy atom. The standard InChI is InChI=1S/C14H18N2O/c1-3-14(2,17)10-16-13-8-9-15-12-7-5-4-6-11(12)13/h4-9,17H,3,10H2,1-2H3,(H,15,16). The van der Waals surface area contributed by atoms with Crippen LogP contribution >= 0.6 is 0 Å². The highest BCUT2D eigenvalue weighted by Gasteiger charge is 2.17. The van der Waals surface area contributed by atoms with Crippen molar-refractivity contribution in [3.63, 3.8) is 0 Å². The molecule has 0 saturated heterocycles. The number of nitrogens with zero attached hydrogens (tertiary/aromatic N) is 1. The van der Waals surface area contributed by atoms with E-state index in [0.29, 0.717) is 6.54 Å². The molecule has 0 aliphatic carbocycles. The van der Waals surface area contributed by atoms with Gasteiger partial charge >= 0.3 is 0 Å². The first-order valence-corrected chi connectivity index (χ1v) is 5.92. The van der Waals surface area contributed by atoms with Crippen LogP contribution in [0.1, 0.15) is 20.3 Å². The molecule has 0 spiro atoms. The van der Waals surface area contributed by atoms with Crippen molar-refractivity contribution in [3.05, 3.63) is 36.5 Å². The number of para-hydroxylation sites is 1. The summed E-state index contributed by atoms with van der Waals surface area (Å²) in [6, 6.07) is 9.92. The Bertz CT molecular complexity index is 503. The number of fused-ring (bicyclic) bond motifs is 1. The predicted octanol–water partition coefficient (Wildman–Crippen LogP) is 2.81. The van der Waals surface area contributed by atoms with Crippen LogP contribution in [-0.2, 0) is 0 Å². The highest BCUT2D eigenvalue weighted by molar-refractivity contribution is 5.90. The van der Waals surface area contributed by atoms with Gasteiger partial charge in [0, 0.05) is 23.8 Å². The number of pyridine rings is 1. The summed E-state index contributed by atoms with van der Waals surface area (Å²) in [6.07, 6.45) is 2.51. The summed E-state index contributed by atoms with van der Waals surface area (Å²) in [6.45, 7) is 4.35. The minimum atomic E-state index is -0.676. The molecule has 1 atom stereocenters. The van der Waals surface area contributed by atoms with Crippen LogP contribution < -0.4 is 5.32 Å². The summed E-state index contributed by atoms with van der Waals surface area (Å²) in [5, 5.41) is 14.4. The van der Waals surface area contributed by atoms with E-state index in [0.717, 1.165) is 23.0 Å². The fourth-order valence-electron chi connectivity index (χ4n) is 1.66. The summed E-state index contributed by atoms with van der Waals surface area (Å²) >= 11 is 0. The number of benzene rings is 1. The second-order valence-corrected chi connectivity index (χ2v) is 4.58. The van der Waals surface area contributed by atoms with E-state index in [4.69, 9.17) is 0 Å². The minimum absolute atomic E-state index is 0.539. The minimum Gasteiger partial charge on any atom is -0.388 e. The molecule has 0 aliphatic heterocycles. The lowest BCUT2D eigenvalue weighted by atomic mass is 10.0. The Morgan fingerprint density at radius 3 is 2.82 bits per heavy atom. The van der Waals surface area contributed by atoms with Gasteiger partial charge in [-0.15, -0.1) is 0 Å². The fourth-order valence-corrected chi connectivity index (χ4v) is 1.66. The van der Waals surface area contributed by atoms with Gasteiger partial charge in [-0.3, -0.25) is 4.98 Å². The number of hydrogen-bond acceptors (Lipinski definition) is 3. The van der Waals surface area contributed by atoms with Gasteiger partial charge in [0.2, 0.25) is 0 Å². The molecule has 1 heterocycles. The summed E-state index contributed by atoms with van der Waals surface area (Å²) in [7, 11) is 0. The van der Waals surface area contributed by atoms with Crippen LogP contribution in [0.2, 0.25) is 0 Å². The summed E-state index contributed by atoms with van der Waals surface area (Å²) in [5.41, 5.74) is 1.31. The lowest BCUT2D eigenvalue weighted by Crippen LogP contribution is -2.32. The molecule has 2 N–H and O–H groups in total. The van der Waals surface area contributed by atoms with Gasteiger partial charge in [-0.2, -0.15) is 0 Å². The molecule has 0 radical (unpaired) electrons. The maximum atomic E-state index is 9.98. The van der Waals surface area contributed by atoms with Gasteiger partial charge in [-0.05, 0) is 25.5 Å². The van der Waals surface area contributed by atoms with Crippen molar-refractivity contribution in [1.82, 2.24) is 4.98 Å². The molecule has 17 heavy (non-hydrogen) atoms. The van der Waals surface area contributed by atoms with Crippen molar-refractivity contribution in [2.24, 2.45) is 0 Å². The molecule has 90 valence electrons. The summed E-state index contributed by atoms with van der Waals surface area (Å²) in [4.78, 5) is 4.30. The third-order valence-corrected chi connectivity index (χ3v) is 3.07. The van der Waals surface area contributed by atoms with E-state index in [1.54, 1.807) is 6.20 Å². The maximum Gasteiger partial charge on any atom is 0.0788 e. The fraction of sp³-hybridized carbons (Fsp3) is 0.357. The van der Waals surface area contributed by atoms with Crippen LogP contribution in [0.25, 0.3) is 10.9 Å². The lowest BCUT2D eigenvalue weighted by Gasteiger charge is -2.22. The van der Waals surface area contributed by atoms with Crippen molar-refractivity contribution in [3.8, 4) is 0 Å². The number of anilines is 1. The van der Waals surface area contributed by atoms with E-state index in [-0.39, 0.29) is 0 Å². The van der Waals surface area contributed by atoms with Crippen molar-refractivity contribution in [2.75, 3.05) is 11.9 Å². The van der Waals surface area contributed by atoms with Crippen LogP contribution in [0, 0.1) is 0 Å². The van der Waals surface area contributed by atoms with Crippen LogP contribution in [0.15, 0.2) is 36.5 Å². The van der Waals surface area contributed by atoms with Gasteiger partial charge in [0.25, 0.3) is 0 Å². The summed E-state index contributed by atoms with van der Waals surface area (Å²) in [5.74, 6) is 0.